The van der Waals surface area contributed by atoms with Crippen LogP contribution in [0.2, 0.25) is 0 Å². The molecular formula is C19H19N5O2. The summed E-state index contributed by atoms with van der Waals surface area (Å²) in [6.45, 7) is 5.84. The highest BCUT2D eigenvalue weighted by atomic mass is 16.4. The first-order chi connectivity index (χ1) is 12.5. The average molecular weight is 349 g/mol. The van der Waals surface area contributed by atoms with Crippen LogP contribution in [-0.2, 0) is 7.05 Å². The number of fused-ring (bicyclic) bond motifs is 1. The minimum Gasteiger partial charge on any atom is -0.413 e. The second kappa shape index (κ2) is 5.94. The van der Waals surface area contributed by atoms with Gasteiger partial charge in [0.25, 0.3) is 17.3 Å². The van der Waals surface area contributed by atoms with E-state index in [9.17, 15) is 4.79 Å². The van der Waals surface area contributed by atoms with Gasteiger partial charge in [-0.1, -0.05) is 18.2 Å². The maximum atomic E-state index is 12.7. The lowest BCUT2D eigenvalue weighted by molar-refractivity contribution is 0.503. The van der Waals surface area contributed by atoms with E-state index in [0.717, 1.165) is 11.4 Å². The van der Waals surface area contributed by atoms with E-state index in [1.807, 2.05) is 62.7 Å². The molecule has 0 saturated carbocycles. The molecular weight excluding hydrogens is 330 g/mol. The topological polar surface area (TPSA) is 78.7 Å². The van der Waals surface area contributed by atoms with Gasteiger partial charge in [-0.25, -0.2) is 4.68 Å². The molecule has 0 aliphatic rings. The first-order valence-corrected chi connectivity index (χ1v) is 8.45. The van der Waals surface area contributed by atoms with Gasteiger partial charge in [-0.15, -0.1) is 10.2 Å². The number of aryl methyl sites for hydroxylation is 1. The molecule has 0 N–H and O–H groups in total. The lowest BCUT2D eigenvalue weighted by Crippen LogP contribution is -2.25. The monoisotopic (exact) mass is 349 g/mol. The summed E-state index contributed by atoms with van der Waals surface area (Å²) in [6, 6.07) is 11.2. The Kier molecular flexibility index (Phi) is 3.72. The zero-order valence-electron chi connectivity index (χ0n) is 15.1. The molecule has 3 heterocycles. The first-order valence-electron chi connectivity index (χ1n) is 8.45. The molecule has 26 heavy (non-hydrogen) atoms. The van der Waals surface area contributed by atoms with E-state index >= 15 is 0 Å². The van der Waals surface area contributed by atoms with Crippen molar-refractivity contribution in [2.45, 2.75) is 26.8 Å². The summed E-state index contributed by atoms with van der Waals surface area (Å²) < 4.78 is 9.35. The fourth-order valence-electron chi connectivity index (χ4n) is 2.96. The van der Waals surface area contributed by atoms with Crippen LogP contribution >= 0.6 is 0 Å². The van der Waals surface area contributed by atoms with Gasteiger partial charge in [-0.2, -0.15) is 5.10 Å². The smallest absolute Gasteiger partial charge is 0.274 e. The molecule has 0 unspecified atom stereocenters. The van der Waals surface area contributed by atoms with Crippen LogP contribution < -0.4 is 5.56 Å². The number of rotatable bonds is 3. The van der Waals surface area contributed by atoms with Gasteiger partial charge < -0.3 is 8.98 Å². The Morgan fingerprint density at radius 3 is 2.35 bits per heavy atom. The molecule has 1 aromatic carbocycles. The largest absolute Gasteiger partial charge is 0.413 e. The summed E-state index contributed by atoms with van der Waals surface area (Å²) in [6.07, 6.45) is 0. The lowest BCUT2D eigenvalue weighted by atomic mass is 10.1. The Labute approximate surface area is 149 Å². The number of hydrogen-bond donors (Lipinski definition) is 0. The van der Waals surface area contributed by atoms with Crippen molar-refractivity contribution < 1.29 is 4.42 Å². The second-order valence-corrected chi connectivity index (χ2v) is 6.57. The van der Waals surface area contributed by atoms with Crippen LogP contribution in [0.4, 0.5) is 0 Å². The summed E-state index contributed by atoms with van der Waals surface area (Å²) in [4.78, 5) is 12.7. The molecule has 0 bridgehead atoms. The van der Waals surface area contributed by atoms with E-state index < -0.39 is 0 Å². The van der Waals surface area contributed by atoms with Crippen LogP contribution in [0.1, 0.15) is 25.6 Å². The molecule has 0 fully saturated rings. The molecule has 7 nitrogen and oxygen atoms in total. The zero-order chi connectivity index (χ0) is 18.4. The van der Waals surface area contributed by atoms with Crippen molar-refractivity contribution in [3.8, 4) is 23.2 Å². The lowest BCUT2D eigenvalue weighted by Gasteiger charge is -2.11. The highest BCUT2D eigenvalue weighted by Crippen LogP contribution is 2.27. The molecule has 0 spiro atoms. The second-order valence-electron chi connectivity index (χ2n) is 6.57. The third-order valence-corrected chi connectivity index (χ3v) is 4.54. The highest BCUT2D eigenvalue weighted by molar-refractivity contribution is 5.91. The van der Waals surface area contributed by atoms with Crippen LogP contribution in [0.15, 0.2) is 45.6 Å². The van der Waals surface area contributed by atoms with E-state index in [1.165, 1.54) is 4.68 Å². The normalized spacial score (nSPS) is 11.6. The van der Waals surface area contributed by atoms with Crippen molar-refractivity contribution in [3.05, 3.63) is 52.4 Å². The Bertz CT molecular complexity index is 1170. The van der Waals surface area contributed by atoms with E-state index in [1.54, 1.807) is 6.07 Å². The van der Waals surface area contributed by atoms with E-state index in [0.29, 0.717) is 28.2 Å². The van der Waals surface area contributed by atoms with Gasteiger partial charge in [-0.3, -0.25) is 4.79 Å². The van der Waals surface area contributed by atoms with E-state index in [2.05, 4.69) is 15.3 Å². The molecule has 4 rings (SSSR count). The molecule has 0 aliphatic carbocycles. The molecule has 0 aliphatic heterocycles. The predicted octanol–water partition coefficient (Wildman–Crippen LogP) is 3.34. The fourth-order valence-corrected chi connectivity index (χ4v) is 2.96. The van der Waals surface area contributed by atoms with Crippen LogP contribution in [0.25, 0.3) is 33.9 Å². The molecule has 4 aromatic rings. The van der Waals surface area contributed by atoms with E-state index in [-0.39, 0.29) is 11.6 Å². The quantitative estimate of drug-likeness (QED) is 0.567. The van der Waals surface area contributed by atoms with Gasteiger partial charge in [0.15, 0.2) is 5.69 Å². The van der Waals surface area contributed by atoms with Crippen molar-refractivity contribution in [2.24, 2.45) is 7.05 Å². The van der Waals surface area contributed by atoms with Crippen molar-refractivity contribution in [3.63, 3.8) is 0 Å². The van der Waals surface area contributed by atoms with Crippen molar-refractivity contribution in [2.75, 3.05) is 0 Å². The molecule has 0 saturated heterocycles. The van der Waals surface area contributed by atoms with Crippen molar-refractivity contribution >= 4 is 10.8 Å². The minimum absolute atomic E-state index is 0.0798. The number of benzene rings is 1. The first kappa shape index (κ1) is 16.3. The number of hydrogen-bond acceptors (Lipinski definition) is 5. The molecule has 0 atom stereocenters. The molecule has 0 amide bonds. The number of nitrogens with zero attached hydrogens (tertiary/aromatic N) is 5. The SMILES string of the molecule is Cc1ccc(-c2nnc(-c3nn(C(C)C)c(=O)c4ccccc34)o2)n1C. The van der Waals surface area contributed by atoms with E-state index in [4.69, 9.17) is 4.42 Å². The zero-order valence-corrected chi connectivity index (χ0v) is 15.1. The Morgan fingerprint density at radius 1 is 1.00 bits per heavy atom. The molecule has 0 radical (unpaired) electrons. The van der Waals surface area contributed by atoms with Crippen LogP contribution in [-0.4, -0.2) is 24.5 Å². The summed E-state index contributed by atoms with van der Waals surface area (Å²) in [5.74, 6) is 0.716. The van der Waals surface area contributed by atoms with Gasteiger partial charge in [-0.05, 0) is 39.0 Å². The standard InChI is InChI=1S/C19H19N5O2/c1-11(2)24-19(25)14-8-6-5-7-13(14)16(22-24)18-21-20-17(26-18)15-10-9-12(3)23(15)4/h5-11H,1-4H3. The summed E-state index contributed by atoms with van der Waals surface area (Å²) in [7, 11) is 1.95. The van der Waals surface area contributed by atoms with Crippen LogP contribution in [0, 0.1) is 6.92 Å². The molecule has 132 valence electrons. The fraction of sp³-hybridized carbons (Fsp3) is 0.263. The van der Waals surface area contributed by atoms with Crippen LogP contribution in [0.3, 0.4) is 0 Å². The molecule has 7 heteroatoms. The third kappa shape index (κ3) is 2.44. The average Bonchev–Trinajstić information content (AvgIpc) is 3.23. The Balaban J connectivity index is 1.94. The Hall–Kier alpha value is -3.22. The maximum absolute atomic E-state index is 12.7. The van der Waals surface area contributed by atoms with Gasteiger partial charge in [0.05, 0.1) is 11.4 Å². The summed E-state index contributed by atoms with van der Waals surface area (Å²) in [5.41, 5.74) is 2.31. The summed E-state index contributed by atoms with van der Waals surface area (Å²) in [5, 5.41) is 14.2. The van der Waals surface area contributed by atoms with Crippen LogP contribution in [0.5, 0.6) is 0 Å². The number of aromatic nitrogens is 5. The summed E-state index contributed by atoms with van der Waals surface area (Å²) >= 11 is 0. The van der Waals surface area contributed by atoms with Gasteiger partial charge in [0.2, 0.25) is 0 Å². The van der Waals surface area contributed by atoms with Gasteiger partial charge >= 0.3 is 0 Å². The van der Waals surface area contributed by atoms with Gasteiger partial charge in [0, 0.05) is 18.1 Å². The molecule has 3 aromatic heterocycles. The van der Waals surface area contributed by atoms with Gasteiger partial charge in [0.1, 0.15) is 5.69 Å². The minimum atomic E-state index is -0.128. The third-order valence-electron chi connectivity index (χ3n) is 4.54. The highest BCUT2D eigenvalue weighted by Gasteiger charge is 2.20. The maximum Gasteiger partial charge on any atom is 0.274 e. The predicted molar refractivity (Wildman–Crippen MR) is 98.8 cm³/mol. The van der Waals surface area contributed by atoms with Crippen molar-refractivity contribution in [1.82, 2.24) is 24.5 Å². The Morgan fingerprint density at radius 2 is 1.69 bits per heavy atom. The van der Waals surface area contributed by atoms with Crippen molar-refractivity contribution in [1.29, 1.82) is 0 Å².